The van der Waals surface area contributed by atoms with Crippen molar-refractivity contribution in [2.24, 2.45) is 4.99 Å². The van der Waals surface area contributed by atoms with Crippen molar-refractivity contribution in [1.29, 1.82) is 0 Å². The summed E-state index contributed by atoms with van der Waals surface area (Å²) in [6.45, 7) is 1.84. The van der Waals surface area contributed by atoms with Crippen LogP contribution in [0.4, 0.5) is 0 Å². The summed E-state index contributed by atoms with van der Waals surface area (Å²) in [7, 11) is 1.73. The van der Waals surface area contributed by atoms with Crippen LogP contribution in [0.3, 0.4) is 0 Å². The summed E-state index contributed by atoms with van der Waals surface area (Å²) in [6.07, 6.45) is 4.91. The third-order valence-electron chi connectivity index (χ3n) is 3.93. The number of hydrogen-bond acceptors (Lipinski definition) is 4. The summed E-state index contributed by atoms with van der Waals surface area (Å²) in [5, 5.41) is 6.08. The SMILES string of the molecule is CN=C(NCC(=O)NC1CC1)N1CCC(Oc2ccccn2)C1.I. The Balaban J connectivity index is 0.00000208. The van der Waals surface area contributed by atoms with Crippen LogP contribution in [-0.2, 0) is 4.79 Å². The van der Waals surface area contributed by atoms with Crippen LogP contribution < -0.4 is 15.4 Å². The third kappa shape index (κ3) is 5.50. The molecule has 1 saturated heterocycles. The summed E-state index contributed by atoms with van der Waals surface area (Å²) in [5.41, 5.74) is 0. The fraction of sp³-hybridized carbons (Fsp3) is 0.562. The van der Waals surface area contributed by atoms with Gasteiger partial charge in [-0.25, -0.2) is 4.98 Å². The molecule has 0 bridgehead atoms. The largest absolute Gasteiger partial charge is 0.472 e. The second-order valence-corrected chi connectivity index (χ2v) is 5.89. The highest BCUT2D eigenvalue weighted by molar-refractivity contribution is 14.0. The van der Waals surface area contributed by atoms with Gasteiger partial charge in [-0.05, 0) is 18.9 Å². The minimum Gasteiger partial charge on any atom is -0.472 e. The number of halogens is 1. The van der Waals surface area contributed by atoms with E-state index in [1.165, 1.54) is 0 Å². The number of guanidine groups is 1. The van der Waals surface area contributed by atoms with E-state index in [-0.39, 0.29) is 42.5 Å². The Kier molecular flexibility index (Phi) is 7.07. The first-order valence-electron chi connectivity index (χ1n) is 8.07. The normalized spacial score (nSPS) is 20.3. The molecule has 2 fully saturated rings. The Morgan fingerprint density at radius 3 is 2.92 bits per heavy atom. The molecule has 1 aromatic heterocycles. The van der Waals surface area contributed by atoms with Crippen LogP contribution in [0.5, 0.6) is 5.88 Å². The van der Waals surface area contributed by atoms with Crippen molar-refractivity contribution < 1.29 is 9.53 Å². The molecule has 2 aliphatic rings. The van der Waals surface area contributed by atoms with Gasteiger partial charge in [0.05, 0.1) is 13.1 Å². The average molecular weight is 445 g/mol. The monoisotopic (exact) mass is 445 g/mol. The lowest BCUT2D eigenvalue weighted by atomic mass is 10.3. The van der Waals surface area contributed by atoms with Gasteiger partial charge in [0.25, 0.3) is 0 Å². The van der Waals surface area contributed by atoms with Crippen molar-refractivity contribution in [1.82, 2.24) is 20.5 Å². The van der Waals surface area contributed by atoms with Gasteiger partial charge in [-0.2, -0.15) is 0 Å². The zero-order chi connectivity index (χ0) is 16.1. The fourth-order valence-electron chi connectivity index (χ4n) is 2.60. The van der Waals surface area contributed by atoms with Crippen molar-refractivity contribution in [3.8, 4) is 5.88 Å². The molecule has 1 unspecified atom stereocenters. The van der Waals surface area contributed by atoms with Crippen LogP contribution in [0.2, 0.25) is 0 Å². The first-order valence-corrected chi connectivity index (χ1v) is 8.07. The molecule has 132 valence electrons. The van der Waals surface area contributed by atoms with E-state index < -0.39 is 0 Å². The first-order chi connectivity index (χ1) is 11.2. The summed E-state index contributed by atoms with van der Waals surface area (Å²) < 4.78 is 5.87. The van der Waals surface area contributed by atoms with E-state index in [0.717, 1.165) is 38.3 Å². The van der Waals surface area contributed by atoms with Crippen LogP contribution >= 0.6 is 24.0 Å². The van der Waals surface area contributed by atoms with Crippen molar-refractivity contribution in [3.63, 3.8) is 0 Å². The van der Waals surface area contributed by atoms with Crippen LogP contribution in [0, 0.1) is 0 Å². The maximum Gasteiger partial charge on any atom is 0.239 e. The molecule has 2 heterocycles. The average Bonchev–Trinajstić information content (AvgIpc) is 3.26. The highest BCUT2D eigenvalue weighted by atomic mass is 127. The summed E-state index contributed by atoms with van der Waals surface area (Å²) >= 11 is 0. The van der Waals surface area contributed by atoms with Gasteiger partial charge in [-0.15, -0.1) is 24.0 Å². The Hall–Kier alpha value is -1.58. The Morgan fingerprint density at radius 2 is 2.25 bits per heavy atom. The number of carbonyl (C=O) groups excluding carboxylic acids is 1. The lowest BCUT2D eigenvalue weighted by Gasteiger charge is -2.21. The topological polar surface area (TPSA) is 78.9 Å². The van der Waals surface area contributed by atoms with Gasteiger partial charge in [0, 0.05) is 38.3 Å². The van der Waals surface area contributed by atoms with E-state index in [1.807, 2.05) is 18.2 Å². The van der Waals surface area contributed by atoms with Crippen molar-refractivity contribution in [2.45, 2.75) is 31.4 Å². The van der Waals surface area contributed by atoms with E-state index in [1.54, 1.807) is 13.2 Å². The molecular weight excluding hydrogens is 421 g/mol. The molecule has 3 rings (SSSR count). The second kappa shape index (κ2) is 9.05. The maximum atomic E-state index is 11.8. The van der Waals surface area contributed by atoms with E-state index >= 15 is 0 Å². The molecule has 0 aromatic carbocycles. The highest BCUT2D eigenvalue weighted by Crippen LogP contribution is 2.18. The minimum absolute atomic E-state index is 0. The van der Waals surface area contributed by atoms with Gasteiger partial charge in [0.1, 0.15) is 6.10 Å². The van der Waals surface area contributed by atoms with Gasteiger partial charge < -0.3 is 20.3 Å². The predicted molar refractivity (Wildman–Crippen MR) is 103 cm³/mol. The van der Waals surface area contributed by atoms with Crippen LogP contribution in [-0.4, -0.2) is 60.6 Å². The molecule has 1 aliphatic carbocycles. The lowest BCUT2D eigenvalue weighted by molar-refractivity contribution is -0.120. The molecule has 1 amide bonds. The second-order valence-electron chi connectivity index (χ2n) is 5.89. The number of carbonyl (C=O) groups is 1. The zero-order valence-corrected chi connectivity index (χ0v) is 16.1. The number of amides is 1. The third-order valence-corrected chi connectivity index (χ3v) is 3.93. The molecule has 24 heavy (non-hydrogen) atoms. The number of aliphatic imine (C=N–C) groups is 1. The van der Waals surface area contributed by atoms with E-state index in [2.05, 4.69) is 25.5 Å². The van der Waals surface area contributed by atoms with Gasteiger partial charge >= 0.3 is 0 Å². The standard InChI is InChI=1S/C16H23N5O2.HI/c1-17-16(19-10-14(22)20-12-5-6-12)21-9-7-13(11-21)23-15-4-2-3-8-18-15;/h2-4,8,12-13H,5-7,9-11H2,1H3,(H,17,19)(H,20,22);1H. The lowest BCUT2D eigenvalue weighted by Crippen LogP contribution is -2.45. The summed E-state index contributed by atoms with van der Waals surface area (Å²) in [5.74, 6) is 1.41. The van der Waals surface area contributed by atoms with Crippen LogP contribution in [0.25, 0.3) is 0 Å². The predicted octanol–water partition coefficient (Wildman–Crippen LogP) is 1.01. The molecule has 2 N–H and O–H groups in total. The maximum absolute atomic E-state index is 11.8. The summed E-state index contributed by atoms with van der Waals surface area (Å²) in [6, 6.07) is 6.02. The molecule has 7 nitrogen and oxygen atoms in total. The number of hydrogen-bond donors (Lipinski definition) is 2. The minimum atomic E-state index is 0. The van der Waals surface area contributed by atoms with Crippen LogP contribution in [0.15, 0.2) is 29.4 Å². The number of pyridine rings is 1. The number of rotatable bonds is 5. The number of nitrogens with one attached hydrogen (secondary N) is 2. The van der Waals surface area contributed by atoms with E-state index in [4.69, 9.17) is 4.74 Å². The Labute approximate surface area is 159 Å². The Bertz CT molecular complexity index is 565. The van der Waals surface area contributed by atoms with Crippen LogP contribution in [0.1, 0.15) is 19.3 Å². The number of ether oxygens (including phenoxy) is 1. The summed E-state index contributed by atoms with van der Waals surface area (Å²) in [4.78, 5) is 22.3. The van der Waals surface area contributed by atoms with Gasteiger partial charge in [-0.3, -0.25) is 9.79 Å². The smallest absolute Gasteiger partial charge is 0.239 e. The molecular formula is C16H24IN5O2. The van der Waals surface area contributed by atoms with Gasteiger partial charge in [-0.1, -0.05) is 6.07 Å². The molecule has 8 heteroatoms. The number of aromatic nitrogens is 1. The van der Waals surface area contributed by atoms with Crippen molar-refractivity contribution in [3.05, 3.63) is 24.4 Å². The Morgan fingerprint density at radius 1 is 1.42 bits per heavy atom. The molecule has 1 atom stereocenters. The zero-order valence-electron chi connectivity index (χ0n) is 13.8. The van der Waals surface area contributed by atoms with Crippen molar-refractivity contribution >= 4 is 35.8 Å². The molecule has 0 radical (unpaired) electrons. The van der Waals surface area contributed by atoms with Gasteiger partial charge in [0.15, 0.2) is 5.96 Å². The van der Waals surface area contributed by atoms with E-state index in [0.29, 0.717) is 11.9 Å². The number of likely N-dealkylation sites (tertiary alicyclic amines) is 1. The quantitative estimate of drug-likeness (QED) is 0.402. The highest BCUT2D eigenvalue weighted by Gasteiger charge is 2.27. The fourth-order valence-corrected chi connectivity index (χ4v) is 2.60. The van der Waals surface area contributed by atoms with E-state index in [9.17, 15) is 4.79 Å². The van der Waals surface area contributed by atoms with Gasteiger partial charge in [0.2, 0.25) is 11.8 Å². The molecule has 1 aliphatic heterocycles. The first kappa shape index (κ1) is 18.8. The molecule has 1 saturated carbocycles. The van der Waals surface area contributed by atoms with Crippen molar-refractivity contribution in [2.75, 3.05) is 26.7 Å². The molecule has 0 spiro atoms. The number of nitrogens with zero attached hydrogens (tertiary/aromatic N) is 3. The molecule has 1 aromatic rings.